The van der Waals surface area contributed by atoms with Crippen LogP contribution in [0.15, 0.2) is 29.0 Å². The molecule has 1 aliphatic rings. The third-order valence-electron chi connectivity index (χ3n) is 3.99. The molecule has 3 aromatic rings. The number of hydrazine groups is 1. The van der Waals surface area contributed by atoms with Gasteiger partial charge in [0.25, 0.3) is 5.91 Å². The minimum Gasteiger partial charge on any atom is -0.461 e. The molecule has 1 saturated heterocycles. The number of fused-ring (bicyclic) bond motifs is 1. The fraction of sp³-hybridized carbons (Fsp3) is 0.333. The summed E-state index contributed by atoms with van der Waals surface area (Å²) < 4.78 is 6.65. The van der Waals surface area contributed by atoms with E-state index >= 15 is 0 Å². The summed E-state index contributed by atoms with van der Waals surface area (Å²) in [4.78, 5) is 21.0. The molecule has 1 fully saturated rings. The molecule has 0 saturated carbocycles. The summed E-state index contributed by atoms with van der Waals surface area (Å²) in [5.41, 5.74) is 9.42. The van der Waals surface area contributed by atoms with E-state index in [2.05, 4.69) is 20.5 Å². The van der Waals surface area contributed by atoms with Crippen molar-refractivity contribution in [1.82, 2.24) is 30.0 Å². The molecule has 0 radical (unpaired) electrons. The van der Waals surface area contributed by atoms with Gasteiger partial charge in [0.05, 0.1) is 6.26 Å². The molecule has 9 nitrogen and oxygen atoms in total. The number of hydrogen-bond acceptors (Lipinski definition) is 7. The molecule has 3 aromatic heterocycles. The molecule has 4 rings (SSSR count). The number of nitrogens with two attached hydrogens (primary N) is 1. The normalized spacial score (nSPS) is 15.7. The van der Waals surface area contributed by atoms with Gasteiger partial charge in [0.1, 0.15) is 5.56 Å². The van der Waals surface area contributed by atoms with E-state index in [1.54, 1.807) is 12.1 Å². The van der Waals surface area contributed by atoms with Crippen molar-refractivity contribution in [2.75, 3.05) is 18.8 Å². The molecular weight excluding hydrogens is 310 g/mol. The number of hydrogen-bond donors (Lipinski definition) is 2. The SMILES string of the molecule is Nc1ncc(C(=O)NN2CCCCC2)c2nc(-c3ccco3)nn12. The van der Waals surface area contributed by atoms with Crippen molar-refractivity contribution < 1.29 is 9.21 Å². The summed E-state index contributed by atoms with van der Waals surface area (Å²) in [5.74, 6) is 0.741. The van der Waals surface area contributed by atoms with Crippen molar-refractivity contribution in [3.05, 3.63) is 30.2 Å². The van der Waals surface area contributed by atoms with Crippen LogP contribution in [-0.2, 0) is 0 Å². The third-order valence-corrected chi connectivity index (χ3v) is 3.99. The first kappa shape index (κ1) is 14.6. The number of anilines is 1. The van der Waals surface area contributed by atoms with Crippen molar-refractivity contribution in [3.63, 3.8) is 0 Å². The second-order valence-corrected chi connectivity index (χ2v) is 5.67. The fourth-order valence-corrected chi connectivity index (χ4v) is 2.77. The summed E-state index contributed by atoms with van der Waals surface area (Å²) >= 11 is 0. The fourth-order valence-electron chi connectivity index (χ4n) is 2.77. The number of carbonyl (C=O) groups is 1. The van der Waals surface area contributed by atoms with Crippen LogP contribution in [0.25, 0.3) is 17.2 Å². The highest BCUT2D eigenvalue weighted by atomic mass is 16.3. The van der Waals surface area contributed by atoms with Crippen molar-refractivity contribution in [3.8, 4) is 11.6 Å². The zero-order valence-electron chi connectivity index (χ0n) is 13.0. The van der Waals surface area contributed by atoms with Gasteiger partial charge in [-0.2, -0.15) is 4.52 Å². The Morgan fingerprint density at radius 2 is 2.12 bits per heavy atom. The van der Waals surface area contributed by atoms with E-state index in [1.165, 1.54) is 23.4 Å². The first-order valence-electron chi connectivity index (χ1n) is 7.83. The number of nitrogens with zero attached hydrogens (tertiary/aromatic N) is 5. The Kier molecular flexibility index (Phi) is 3.62. The molecule has 0 atom stereocenters. The van der Waals surface area contributed by atoms with E-state index in [0.717, 1.165) is 25.9 Å². The van der Waals surface area contributed by atoms with Crippen LogP contribution in [0.3, 0.4) is 0 Å². The van der Waals surface area contributed by atoms with Crippen LogP contribution in [0, 0.1) is 0 Å². The first-order valence-corrected chi connectivity index (χ1v) is 7.83. The van der Waals surface area contributed by atoms with E-state index in [9.17, 15) is 4.79 Å². The Labute approximate surface area is 137 Å². The van der Waals surface area contributed by atoms with Crippen LogP contribution in [0.2, 0.25) is 0 Å². The first-order chi connectivity index (χ1) is 11.7. The topological polar surface area (TPSA) is 115 Å². The molecule has 1 aliphatic heterocycles. The van der Waals surface area contributed by atoms with Gasteiger partial charge in [0, 0.05) is 19.3 Å². The average Bonchev–Trinajstić information content (AvgIpc) is 3.26. The molecule has 0 bridgehead atoms. The van der Waals surface area contributed by atoms with Gasteiger partial charge in [-0.05, 0) is 25.0 Å². The number of amides is 1. The summed E-state index contributed by atoms with van der Waals surface area (Å²) in [6, 6.07) is 3.48. The second-order valence-electron chi connectivity index (χ2n) is 5.67. The van der Waals surface area contributed by atoms with E-state index in [0.29, 0.717) is 22.8 Å². The van der Waals surface area contributed by atoms with Gasteiger partial charge in [0.15, 0.2) is 11.4 Å². The molecule has 0 unspecified atom stereocenters. The molecule has 3 N–H and O–H groups in total. The molecule has 0 aromatic carbocycles. The number of nitrogen functional groups attached to an aromatic ring is 1. The van der Waals surface area contributed by atoms with Gasteiger partial charge >= 0.3 is 0 Å². The molecule has 0 aliphatic carbocycles. The summed E-state index contributed by atoms with van der Waals surface area (Å²) in [6.45, 7) is 1.68. The minimum atomic E-state index is -0.271. The summed E-state index contributed by atoms with van der Waals surface area (Å²) in [6.07, 6.45) is 6.29. The number of rotatable bonds is 3. The van der Waals surface area contributed by atoms with Crippen molar-refractivity contribution >= 4 is 17.5 Å². The molecule has 9 heteroatoms. The van der Waals surface area contributed by atoms with Gasteiger partial charge in [0.2, 0.25) is 11.8 Å². The Morgan fingerprint density at radius 3 is 2.88 bits per heavy atom. The van der Waals surface area contributed by atoms with E-state index < -0.39 is 0 Å². The number of furan rings is 1. The molecule has 4 heterocycles. The predicted molar refractivity (Wildman–Crippen MR) is 85.8 cm³/mol. The maximum absolute atomic E-state index is 12.6. The maximum Gasteiger partial charge on any atom is 0.270 e. The number of piperidine rings is 1. The van der Waals surface area contributed by atoms with Gasteiger partial charge in [-0.25, -0.2) is 15.0 Å². The van der Waals surface area contributed by atoms with Crippen molar-refractivity contribution in [2.24, 2.45) is 0 Å². The average molecular weight is 327 g/mol. The standard InChI is InChI=1S/C15H17N7O2/c16-15-17-9-10(14(23)20-21-6-2-1-3-7-21)13-18-12(19-22(13)15)11-5-4-8-24-11/h4-5,8-9H,1-3,6-7H2,(H2,16,17)(H,20,23). The van der Waals surface area contributed by atoms with Crippen LogP contribution in [-0.4, -0.2) is 43.6 Å². The highest BCUT2D eigenvalue weighted by Crippen LogP contribution is 2.19. The van der Waals surface area contributed by atoms with Crippen molar-refractivity contribution in [2.45, 2.75) is 19.3 Å². The lowest BCUT2D eigenvalue weighted by Crippen LogP contribution is -2.45. The Morgan fingerprint density at radius 1 is 1.29 bits per heavy atom. The quantitative estimate of drug-likeness (QED) is 0.740. The number of nitrogens with one attached hydrogen (secondary N) is 1. The Bertz CT molecular complexity index is 865. The van der Waals surface area contributed by atoms with Crippen LogP contribution in [0.5, 0.6) is 0 Å². The zero-order chi connectivity index (χ0) is 16.5. The van der Waals surface area contributed by atoms with Crippen LogP contribution in [0.4, 0.5) is 5.95 Å². The molecular formula is C15H17N7O2. The highest BCUT2D eigenvalue weighted by Gasteiger charge is 2.21. The maximum atomic E-state index is 12.6. The third kappa shape index (κ3) is 2.58. The van der Waals surface area contributed by atoms with E-state index in [4.69, 9.17) is 10.2 Å². The van der Waals surface area contributed by atoms with E-state index in [-0.39, 0.29) is 11.9 Å². The molecule has 0 spiro atoms. The molecule has 124 valence electrons. The number of aromatic nitrogens is 4. The molecule has 1 amide bonds. The summed E-state index contributed by atoms with van der Waals surface area (Å²) in [5, 5.41) is 6.19. The highest BCUT2D eigenvalue weighted by molar-refractivity contribution is 5.99. The number of carbonyl (C=O) groups excluding carboxylic acids is 1. The predicted octanol–water partition coefficient (Wildman–Crippen LogP) is 1.10. The smallest absolute Gasteiger partial charge is 0.270 e. The lowest BCUT2D eigenvalue weighted by Gasteiger charge is -2.26. The minimum absolute atomic E-state index is 0.157. The second kappa shape index (κ2) is 5.93. The van der Waals surface area contributed by atoms with Gasteiger partial charge < -0.3 is 10.2 Å². The van der Waals surface area contributed by atoms with E-state index in [1.807, 2.05) is 5.01 Å². The lowest BCUT2D eigenvalue weighted by molar-refractivity contribution is 0.0751. The largest absolute Gasteiger partial charge is 0.461 e. The zero-order valence-corrected chi connectivity index (χ0v) is 13.0. The summed E-state index contributed by atoms with van der Waals surface area (Å²) in [7, 11) is 0. The monoisotopic (exact) mass is 327 g/mol. The Balaban J connectivity index is 1.69. The van der Waals surface area contributed by atoms with Crippen LogP contribution < -0.4 is 11.2 Å². The van der Waals surface area contributed by atoms with Crippen LogP contribution >= 0.6 is 0 Å². The van der Waals surface area contributed by atoms with Crippen LogP contribution in [0.1, 0.15) is 29.6 Å². The molecule has 24 heavy (non-hydrogen) atoms. The van der Waals surface area contributed by atoms with Crippen molar-refractivity contribution in [1.29, 1.82) is 0 Å². The van der Waals surface area contributed by atoms with Gasteiger partial charge in [-0.1, -0.05) is 6.42 Å². The van der Waals surface area contributed by atoms with Gasteiger partial charge in [-0.15, -0.1) is 5.10 Å². The Hall–Kier alpha value is -2.94. The lowest BCUT2D eigenvalue weighted by atomic mass is 10.2. The van der Waals surface area contributed by atoms with Gasteiger partial charge in [-0.3, -0.25) is 10.2 Å².